The van der Waals surface area contributed by atoms with Gasteiger partial charge in [0.15, 0.2) is 0 Å². The lowest BCUT2D eigenvalue weighted by Crippen LogP contribution is -2.17. The van der Waals surface area contributed by atoms with Crippen LogP contribution in [0.1, 0.15) is 29.3 Å². The molecule has 0 saturated carbocycles. The van der Waals surface area contributed by atoms with Gasteiger partial charge < -0.3 is 9.88 Å². The van der Waals surface area contributed by atoms with Gasteiger partial charge in [-0.2, -0.15) is 0 Å². The molecule has 2 aromatic heterocycles. The Morgan fingerprint density at radius 3 is 3.10 bits per heavy atom. The first-order valence-electron chi connectivity index (χ1n) is 7.07. The van der Waals surface area contributed by atoms with Gasteiger partial charge in [0.2, 0.25) is 5.95 Å². The van der Waals surface area contributed by atoms with Gasteiger partial charge in [-0.3, -0.25) is 0 Å². The molecule has 1 atom stereocenters. The van der Waals surface area contributed by atoms with Crippen LogP contribution in [0.4, 0.5) is 5.95 Å². The highest BCUT2D eigenvalue weighted by atomic mass is 32.1. The number of nitrogens with zero attached hydrogens (tertiary/aromatic N) is 2. The van der Waals surface area contributed by atoms with Crippen molar-refractivity contribution in [3.8, 4) is 0 Å². The van der Waals surface area contributed by atoms with Crippen molar-refractivity contribution in [2.24, 2.45) is 7.05 Å². The van der Waals surface area contributed by atoms with E-state index in [2.05, 4.69) is 46.6 Å². The van der Waals surface area contributed by atoms with Crippen LogP contribution in [0, 0.1) is 0 Å². The summed E-state index contributed by atoms with van der Waals surface area (Å²) in [5.41, 5.74) is 3.70. The van der Waals surface area contributed by atoms with Gasteiger partial charge in [-0.05, 0) is 48.4 Å². The maximum Gasteiger partial charge on any atom is 0.204 e. The van der Waals surface area contributed by atoms with Gasteiger partial charge in [0.25, 0.3) is 0 Å². The maximum atomic E-state index is 4.72. The van der Waals surface area contributed by atoms with E-state index in [0.717, 1.165) is 11.5 Å². The molecule has 1 aromatic carbocycles. The predicted octanol–water partition coefficient (Wildman–Crippen LogP) is 4.12. The molecule has 20 heavy (non-hydrogen) atoms. The van der Waals surface area contributed by atoms with Crippen LogP contribution in [0.5, 0.6) is 0 Å². The first-order chi connectivity index (χ1) is 9.83. The average molecular weight is 283 g/mol. The lowest BCUT2D eigenvalue weighted by Gasteiger charge is -2.24. The molecule has 0 bridgehead atoms. The SMILES string of the molecule is Cn1c(NC2CCCc3sccc32)nc2ccccc21. The fraction of sp³-hybridized carbons (Fsp3) is 0.312. The predicted molar refractivity (Wildman–Crippen MR) is 84.3 cm³/mol. The molecule has 4 heteroatoms. The molecule has 102 valence electrons. The first-order valence-corrected chi connectivity index (χ1v) is 7.95. The molecule has 3 aromatic rings. The van der Waals surface area contributed by atoms with E-state index < -0.39 is 0 Å². The van der Waals surface area contributed by atoms with E-state index in [0.29, 0.717) is 6.04 Å². The van der Waals surface area contributed by atoms with Gasteiger partial charge in [-0.15, -0.1) is 11.3 Å². The number of aryl methyl sites for hydroxylation is 2. The second kappa shape index (κ2) is 4.63. The van der Waals surface area contributed by atoms with Gasteiger partial charge in [-0.1, -0.05) is 12.1 Å². The first kappa shape index (κ1) is 12.0. The second-order valence-corrected chi connectivity index (χ2v) is 6.37. The Hall–Kier alpha value is -1.81. The third-order valence-corrected chi connectivity index (χ3v) is 5.14. The minimum Gasteiger partial charge on any atom is -0.349 e. The summed E-state index contributed by atoms with van der Waals surface area (Å²) in [6.07, 6.45) is 3.68. The highest BCUT2D eigenvalue weighted by Gasteiger charge is 2.22. The van der Waals surface area contributed by atoms with E-state index in [-0.39, 0.29) is 0 Å². The van der Waals surface area contributed by atoms with Crippen molar-refractivity contribution < 1.29 is 0 Å². The molecular formula is C16H17N3S. The summed E-state index contributed by atoms with van der Waals surface area (Å²) in [7, 11) is 2.08. The summed E-state index contributed by atoms with van der Waals surface area (Å²) in [4.78, 5) is 6.25. The number of thiophene rings is 1. The highest BCUT2D eigenvalue weighted by molar-refractivity contribution is 7.10. The van der Waals surface area contributed by atoms with Gasteiger partial charge in [0.05, 0.1) is 17.1 Å². The highest BCUT2D eigenvalue weighted by Crippen LogP contribution is 2.35. The number of anilines is 1. The van der Waals surface area contributed by atoms with Crippen LogP contribution in [-0.4, -0.2) is 9.55 Å². The van der Waals surface area contributed by atoms with Crippen LogP contribution in [0.3, 0.4) is 0 Å². The smallest absolute Gasteiger partial charge is 0.204 e. The summed E-state index contributed by atoms with van der Waals surface area (Å²) in [6.45, 7) is 0. The Morgan fingerprint density at radius 1 is 1.30 bits per heavy atom. The Bertz CT molecular complexity index is 756. The van der Waals surface area contributed by atoms with Crippen LogP contribution in [0.25, 0.3) is 11.0 Å². The summed E-state index contributed by atoms with van der Waals surface area (Å²) in [6, 6.07) is 10.9. The number of aromatic nitrogens is 2. The summed E-state index contributed by atoms with van der Waals surface area (Å²) in [5, 5.41) is 5.85. The van der Waals surface area contributed by atoms with Crippen molar-refractivity contribution in [1.82, 2.24) is 9.55 Å². The molecule has 1 N–H and O–H groups in total. The zero-order valence-corrected chi connectivity index (χ0v) is 12.3. The Morgan fingerprint density at radius 2 is 2.20 bits per heavy atom. The number of nitrogens with one attached hydrogen (secondary N) is 1. The topological polar surface area (TPSA) is 29.9 Å². The number of para-hydroxylation sites is 2. The van der Waals surface area contributed by atoms with Crippen molar-refractivity contribution >= 4 is 28.3 Å². The molecule has 0 saturated heterocycles. The van der Waals surface area contributed by atoms with Crippen molar-refractivity contribution in [1.29, 1.82) is 0 Å². The van der Waals surface area contributed by atoms with Crippen LogP contribution in [0.15, 0.2) is 35.7 Å². The van der Waals surface area contributed by atoms with E-state index in [4.69, 9.17) is 4.98 Å². The lowest BCUT2D eigenvalue weighted by atomic mass is 9.94. The van der Waals surface area contributed by atoms with Crippen LogP contribution in [0.2, 0.25) is 0 Å². The number of imidazole rings is 1. The quantitative estimate of drug-likeness (QED) is 0.766. The van der Waals surface area contributed by atoms with Gasteiger partial charge in [-0.25, -0.2) is 4.98 Å². The number of hydrogen-bond donors (Lipinski definition) is 1. The number of rotatable bonds is 2. The van der Waals surface area contributed by atoms with Crippen LogP contribution >= 0.6 is 11.3 Å². The van der Waals surface area contributed by atoms with E-state index in [1.54, 1.807) is 0 Å². The summed E-state index contributed by atoms with van der Waals surface area (Å²) >= 11 is 1.88. The fourth-order valence-corrected chi connectivity index (χ4v) is 4.05. The van der Waals surface area contributed by atoms with E-state index >= 15 is 0 Å². The second-order valence-electron chi connectivity index (χ2n) is 5.37. The number of hydrogen-bond acceptors (Lipinski definition) is 3. The summed E-state index contributed by atoms with van der Waals surface area (Å²) in [5.74, 6) is 0.968. The van der Waals surface area contributed by atoms with Gasteiger partial charge >= 0.3 is 0 Å². The minimum atomic E-state index is 0.403. The van der Waals surface area contributed by atoms with Crippen molar-refractivity contribution in [3.63, 3.8) is 0 Å². The number of benzene rings is 1. The molecule has 1 aliphatic carbocycles. The van der Waals surface area contributed by atoms with Gasteiger partial charge in [0.1, 0.15) is 0 Å². The zero-order chi connectivity index (χ0) is 13.5. The Balaban J connectivity index is 1.71. The zero-order valence-electron chi connectivity index (χ0n) is 11.5. The molecule has 0 spiro atoms. The van der Waals surface area contributed by atoms with Gasteiger partial charge in [0, 0.05) is 11.9 Å². The Kier molecular flexibility index (Phi) is 2.77. The molecule has 0 radical (unpaired) electrons. The number of fused-ring (bicyclic) bond motifs is 2. The Labute approximate surface area is 122 Å². The largest absolute Gasteiger partial charge is 0.349 e. The molecule has 0 fully saturated rings. The summed E-state index contributed by atoms with van der Waals surface area (Å²) < 4.78 is 2.15. The van der Waals surface area contributed by atoms with E-state index in [1.807, 2.05) is 17.4 Å². The van der Waals surface area contributed by atoms with Crippen molar-refractivity contribution in [3.05, 3.63) is 46.2 Å². The molecule has 1 unspecified atom stereocenters. The molecular weight excluding hydrogens is 266 g/mol. The third kappa shape index (κ3) is 1.83. The van der Waals surface area contributed by atoms with Crippen molar-refractivity contribution in [2.75, 3.05) is 5.32 Å². The lowest BCUT2D eigenvalue weighted by molar-refractivity contribution is 0.602. The van der Waals surface area contributed by atoms with Crippen LogP contribution < -0.4 is 5.32 Å². The molecule has 0 amide bonds. The minimum absolute atomic E-state index is 0.403. The third-order valence-electron chi connectivity index (χ3n) is 4.14. The van der Waals surface area contributed by atoms with Crippen LogP contribution in [-0.2, 0) is 13.5 Å². The molecule has 1 aliphatic rings. The molecule has 2 heterocycles. The normalized spacial score (nSPS) is 18.1. The molecule has 0 aliphatic heterocycles. The van der Waals surface area contributed by atoms with Crippen molar-refractivity contribution in [2.45, 2.75) is 25.3 Å². The standard InChI is InChI=1S/C16H17N3S/c1-19-14-7-3-2-5-13(14)18-16(19)17-12-6-4-8-15-11(12)9-10-20-15/h2-3,5,7,9-10,12H,4,6,8H2,1H3,(H,17,18). The maximum absolute atomic E-state index is 4.72. The van der Waals surface area contributed by atoms with E-state index in [9.17, 15) is 0 Å². The van der Waals surface area contributed by atoms with E-state index in [1.165, 1.54) is 35.2 Å². The molecule has 3 nitrogen and oxygen atoms in total. The average Bonchev–Trinajstić information content (AvgIpc) is 3.06. The monoisotopic (exact) mass is 283 g/mol. The molecule has 4 rings (SSSR count). The fourth-order valence-electron chi connectivity index (χ4n) is 3.07.